The summed E-state index contributed by atoms with van der Waals surface area (Å²) in [4.78, 5) is 25.0. The summed E-state index contributed by atoms with van der Waals surface area (Å²) in [5, 5.41) is 9.53. The Balaban J connectivity index is 1.98. The largest absolute Gasteiger partial charge is 0.481 e. The molecule has 0 aromatic carbocycles. The fraction of sp³-hybridized carbons (Fsp3) is 0.867. The predicted molar refractivity (Wildman–Crippen MR) is 74.8 cm³/mol. The third-order valence-electron chi connectivity index (χ3n) is 4.61. The summed E-state index contributed by atoms with van der Waals surface area (Å²) >= 11 is 0. The van der Waals surface area contributed by atoms with Crippen molar-refractivity contribution in [1.82, 2.24) is 4.90 Å². The van der Waals surface area contributed by atoms with Crippen molar-refractivity contribution in [2.75, 3.05) is 13.1 Å². The van der Waals surface area contributed by atoms with Crippen molar-refractivity contribution in [3.63, 3.8) is 0 Å². The van der Waals surface area contributed by atoms with Crippen molar-refractivity contribution < 1.29 is 28.2 Å². The molecule has 1 aliphatic carbocycles. The highest BCUT2D eigenvalue weighted by molar-refractivity contribution is 5.76. The average molecular weight is 319 g/mol. The van der Waals surface area contributed by atoms with Gasteiger partial charge in [-0.3, -0.25) is 4.79 Å². The number of rotatable bonds is 2. The molecule has 1 aliphatic heterocycles. The van der Waals surface area contributed by atoms with Crippen molar-refractivity contribution in [3.8, 4) is 0 Å². The lowest BCUT2D eigenvalue weighted by atomic mass is 9.62. The standard InChI is InChI=1S/C15H23F2NO4/c1-13(2,3)22-12(21)18-8-10(9-18)14(11(19)20)4-6-15(16,17)7-5-14/h10H,4-9H2,1-3H3,(H,19,20). The van der Waals surface area contributed by atoms with Gasteiger partial charge in [0.15, 0.2) is 0 Å². The number of carbonyl (C=O) groups excluding carboxylic acids is 1. The molecule has 1 N–H and O–H groups in total. The first-order valence-electron chi connectivity index (χ1n) is 7.54. The zero-order valence-electron chi connectivity index (χ0n) is 13.2. The van der Waals surface area contributed by atoms with E-state index in [2.05, 4.69) is 0 Å². The van der Waals surface area contributed by atoms with E-state index in [0.29, 0.717) is 0 Å². The normalized spacial score (nSPS) is 24.5. The van der Waals surface area contributed by atoms with Gasteiger partial charge in [0, 0.05) is 31.8 Å². The fourth-order valence-electron chi connectivity index (χ4n) is 3.16. The maximum Gasteiger partial charge on any atom is 0.410 e. The first-order valence-corrected chi connectivity index (χ1v) is 7.54. The molecule has 1 saturated carbocycles. The van der Waals surface area contributed by atoms with Crippen LogP contribution in [0.25, 0.3) is 0 Å². The van der Waals surface area contributed by atoms with E-state index >= 15 is 0 Å². The van der Waals surface area contributed by atoms with Crippen LogP contribution in [-0.2, 0) is 9.53 Å². The number of alkyl halides is 2. The molecule has 5 nitrogen and oxygen atoms in total. The van der Waals surface area contributed by atoms with E-state index in [1.54, 1.807) is 20.8 Å². The molecular weight excluding hydrogens is 296 g/mol. The Labute approximate surface area is 128 Å². The zero-order valence-corrected chi connectivity index (χ0v) is 13.2. The Morgan fingerprint density at radius 2 is 1.64 bits per heavy atom. The van der Waals surface area contributed by atoms with Crippen molar-refractivity contribution in [3.05, 3.63) is 0 Å². The highest BCUT2D eigenvalue weighted by Crippen LogP contribution is 2.50. The maximum atomic E-state index is 13.3. The molecule has 2 rings (SSSR count). The van der Waals surface area contributed by atoms with Gasteiger partial charge < -0.3 is 14.7 Å². The van der Waals surface area contributed by atoms with Crippen LogP contribution in [0.1, 0.15) is 46.5 Å². The second kappa shape index (κ2) is 5.35. The van der Waals surface area contributed by atoms with E-state index < -0.39 is 41.8 Å². The van der Waals surface area contributed by atoms with Crippen molar-refractivity contribution in [1.29, 1.82) is 0 Å². The molecule has 0 aromatic heterocycles. The molecule has 0 spiro atoms. The van der Waals surface area contributed by atoms with Gasteiger partial charge in [0.2, 0.25) is 5.92 Å². The Morgan fingerprint density at radius 1 is 1.14 bits per heavy atom. The lowest BCUT2D eigenvalue weighted by molar-refractivity contribution is -0.169. The number of hydrogen-bond donors (Lipinski definition) is 1. The van der Waals surface area contributed by atoms with Crippen LogP contribution in [0.3, 0.4) is 0 Å². The van der Waals surface area contributed by atoms with E-state index in [-0.39, 0.29) is 31.8 Å². The summed E-state index contributed by atoms with van der Waals surface area (Å²) in [5.74, 6) is -4.08. The van der Waals surface area contributed by atoms with Gasteiger partial charge in [0.05, 0.1) is 5.41 Å². The second-order valence-electron chi connectivity index (χ2n) is 7.40. The highest BCUT2D eigenvalue weighted by Gasteiger charge is 2.56. The number of amides is 1. The Bertz CT molecular complexity index is 457. The molecule has 22 heavy (non-hydrogen) atoms. The smallest absolute Gasteiger partial charge is 0.410 e. The molecule has 2 aliphatic rings. The maximum absolute atomic E-state index is 13.3. The van der Waals surface area contributed by atoms with Gasteiger partial charge in [0.25, 0.3) is 0 Å². The van der Waals surface area contributed by atoms with Gasteiger partial charge in [-0.2, -0.15) is 0 Å². The molecule has 0 radical (unpaired) electrons. The van der Waals surface area contributed by atoms with Crippen molar-refractivity contribution in [2.45, 2.75) is 58.0 Å². The second-order valence-corrected chi connectivity index (χ2v) is 7.40. The summed E-state index contributed by atoms with van der Waals surface area (Å²) in [5.41, 5.74) is -1.75. The van der Waals surface area contributed by atoms with E-state index in [4.69, 9.17) is 4.74 Å². The number of nitrogens with zero attached hydrogens (tertiary/aromatic N) is 1. The number of carboxylic acid groups (broad SMARTS) is 1. The third-order valence-corrected chi connectivity index (χ3v) is 4.61. The van der Waals surface area contributed by atoms with Crippen LogP contribution in [0.5, 0.6) is 0 Å². The number of aliphatic carboxylic acids is 1. The van der Waals surface area contributed by atoms with Gasteiger partial charge in [-0.25, -0.2) is 13.6 Å². The molecule has 0 atom stereocenters. The van der Waals surface area contributed by atoms with Crippen molar-refractivity contribution in [2.24, 2.45) is 11.3 Å². The van der Waals surface area contributed by atoms with Crippen LogP contribution in [0, 0.1) is 11.3 Å². The topological polar surface area (TPSA) is 66.8 Å². The Kier molecular flexibility index (Phi) is 4.13. The van der Waals surface area contributed by atoms with E-state index in [9.17, 15) is 23.5 Å². The summed E-state index contributed by atoms with van der Waals surface area (Å²) in [6.07, 6.45) is -1.36. The lowest BCUT2D eigenvalue weighted by Crippen LogP contribution is -2.60. The van der Waals surface area contributed by atoms with E-state index in [1.807, 2.05) is 0 Å². The molecule has 2 fully saturated rings. The van der Waals surface area contributed by atoms with Crippen LogP contribution in [-0.4, -0.2) is 46.7 Å². The minimum Gasteiger partial charge on any atom is -0.481 e. The molecule has 1 amide bonds. The van der Waals surface area contributed by atoms with Crippen LogP contribution in [0.4, 0.5) is 13.6 Å². The molecule has 1 saturated heterocycles. The van der Waals surface area contributed by atoms with Crippen molar-refractivity contribution >= 4 is 12.1 Å². The first kappa shape index (κ1) is 17.0. The van der Waals surface area contributed by atoms with E-state index in [1.165, 1.54) is 4.90 Å². The van der Waals surface area contributed by atoms with Gasteiger partial charge >= 0.3 is 12.1 Å². The van der Waals surface area contributed by atoms with E-state index in [0.717, 1.165) is 0 Å². The molecule has 0 aromatic rings. The molecule has 0 bridgehead atoms. The van der Waals surface area contributed by atoms with Crippen LogP contribution < -0.4 is 0 Å². The number of ether oxygens (including phenoxy) is 1. The highest BCUT2D eigenvalue weighted by atomic mass is 19.3. The monoisotopic (exact) mass is 319 g/mol. The third kappa shape index (κ3) is 3.33. The van der Waals surface area contributed by atoms with Gasteiger partial charge in [0.1, 0.15) is 5.60 Å². The van der Waals surface area contributed by atoms with Crippen LogP contribution in [0.2, 0.25) is 0 Å². The minimum atomic E-state index is -2.77. The summed E-state index contributed by atoms with van der Waals surface area (Å²) in [6, 6.07) is 0. The number of hydrogen-bond acceptors (Lipinski definition) is 3. The number of likely N-dealkylation sites (tertiary alicyclic amines) is 1. The predicted octanol–water partition coefficient (Wildman–Crippen LogP) is 3.13. The Hall–Kier alpha value is -1.40. The van der Waals surface area contributed by atoms with Gasteiger partial charge in [-0.1, -0.05) is 0 Å². The number of carboxylic acids is 1. The van der Waals surface area contributed by atoms with Gasteiger partial charge in [-0.15, -0.1) is 0 Å². The average Bonchev–Trinajstić information content (AvgIpc) is 2.26. The number of carbonyl (C=O) groups is 2. The van der Waals surface area contributed by atoms with Crippen LogP contribution in [0.15, 0.2) is 0 Å². The zero-order chi connectivity index (χ0) is 16.8. The fourth-order valence-corrected chi connectivity index (χ4v) is 3.16. The summed E-state index contributed by atoms with van der Waals surface area (Å²) in [7, 11) is 0. The first-order chi connectivity index (χ1) is 9.95. The summed E-state index contributed by atoms with van der Waals surface area (Å²) in [6.45, 7) is 5.78. The lowest BCUT2D eigenvalue weighted by Gasteiger charge is -2.50. The minimum absolute atomic E-state index is 0.0395. The quantitative estimate of drug-likeness (QED) is 0.849. The summed E-state index contributed by atoms with van der Waals surface area (Å²) < 4.78 is 31.8. The molecular formula is C15H23F2NO4. The number of halogens is 2. The van der Waals surface area contributed by atoms with Crippen LogP contribution >= 0.6 is 0 Å². The SMILES string of the molecule is CC(C)(C)OC(=O)N1CC(C2(C(=O)O)CCC(F)(F)CC2)C1. The Morgan fingerprint density at radius 3 is 2.05 bits per heavy atom. The van der Waals surface area contributed by atoms with Gasteiger partial charge in [-0.05, 0) is 33.6 Å². The molecule has 126 valence electrons. The molecule has 0 unspecified atom stereocenters. The molecule has 7 heteroatoms. The molecule has 1 heterocycles.